The zero-order valence-electron chi connectivity index (χ0n) is 17.6. The summed E-state index contributed by atoms with van der Waals surface area (Å²) in [6, 6.07) is 4.85. The quantitative estimate of drug-likeness (QED) is 0.661. The highest BCUT2D eigenvalue weighted by Gasteiger charge is 2.32. The summed E-state index contributed by atoms with van der Waals surface area (Å²) in [6.45, 7) is 2.69. The maximum atomic E-state index is 12.9. The van der Waals surface area contributed by atoms with Gasteiger partial charge in [-0.1, -0.05) is 0 Å². The number of likely N-dealkylation sites (tertiary alicyclic amines) is 1. The van der Waals surface area contributed by atoms with E-state index in [0.29, 0.717) is 49.5 Å². The van der Waals surface area contributed by atoms with Crippen LogP contribution in [0.2, 0.25) is 0 Å². The van der Waals surface area contributed by atoms with E-state index in [1.807, 2.05) is 0 Å². The largest absolute Gasteiger partial charge is 0.482 e. The van der Waals surface area contributed by atoms with Gasteiger partial charge in [0.05, 0.1) is 18.2 Å². The first-order valence-electron chi connectivity index (χ1n) is 10.0. The summed E-state index contributed by atoms with van der Waals surface area (Å²) in [5.74, 6) is -0.712. The minimum Gasteiger partial charge on any atom is -0.482 e. The molecule has 162 valence electrons. The first kappa shape index (κ1) is 21.6. The van der Waals surface area contributed by atoms with Crippen LogP contribution in [0, 0.1) is 5.92 Å². The fourth-order valence-electron chi connectivity index (χ4n) is 3.63. The van der Waals surface area contributed by atoms with Crippen molar-refractivity contribution in [2.75, 3.05) is 51.8 Å². The topological polar surface area (TPSA) is 96.5 Å². The number of amides is 3. The fraction of sp³-hybridized carbons (Fsp3) is 0.524. The number of carbonyl (C=O) groups is 4. The third-order valence-corrected chi connectivity index (χ3v) is 5.32. The third-order valence-electron chi connectivity index (χ3n) is 5.32. The van der Waals surface area contributed by atoms with Crippen LogP contribution in [-0.2, 0) is 19.1 Å². The molecular weight excluding hydrogens is 390 g/mol. The summed E-state index contributed by atoms with van der Waals surface area (Å²) in [5.41, 5.74) is 0.818. The van der Waals surface area contributed by atoms with Crippen LogP contribution in [0.3, 0.4) is 0 Å². The number of rotatable bonds is 5. The van der Waals surface area contributed by atoms with Crippen molar-refractivity contribution < 1.29 is 28.7 Å². The molecule has 30 heavy (non-hydrogen) atoms. The van der Waals surface area contributed by atoms with Gasteiger partial charge in [0, 0.05) is 32.7 Å². The number of fused-ring (bicyclic) bond motifs is 1. The number of anilines is 1. The van der Waals surface area contributed by atoms with Crippen LogP contribution in [0.1, 0.15) is 30.1 Å². The number of ether oxygens (including phenoxy) is 2. The molecule has 9 heteroatoms. The van der Waals surface area contributed by atoms with E-state index in [1.165, 1.54) is 9.80 Å². The molecule has 3 rings (SSSR count). The number of carbonyl (C=O) groups excluding carboxylic acids is 4. The van der Waals surface area contributed by atoms with E-state index in [-0.39, 0.29) is 42.8 Å². The van der Waals surface area contributed by atoms with Crippen molar-refractivity contribution in [1.29, 1.82) is 0 Å². The molecule has 3 amide bonds. The molecule has 0 unspecified atom stereocenters. The SMILES string of the molecule is CCOC(=O)C1CCN(C(=O)CN2C(=O)COc3ccc(C(=O)N(C)C)cc32)CC1. The Labute approximate surface area is 175 Å². The van der Waals surface area contributed by atoms with Crippen LogP contribution in [-0.4, -0.2) is 80.4 Å². The van der Waals surface area contributed by atoms with Crippen LogP contribution in [0.15, 0.2) is 18.2 Å². The number of piperidine rings is 1. The first-order valence-corrected chi connectivity index (χ1v) is 10.0. The summed E-state index contributed by atoms with van der Waals surface area (Å²) < 4.78 is 10.5. The highest BCUT2D eigenvalue weighted by Crippen LogP contribution is 2.33. The number of hydrogen-bond donors (Lipinski definition) is 0. The van der Waals surface area contributed by atoms with Crippen LogP contribution in [0.5, 0.6) is 5.75 Å². The summed E-state index contributed by atoms with van der Waals surface area (Å²) in [6.07, 6.45) is 1.08. The molecule has 0 saturated carbocycles. The van der Waals surface area contributed by atoms with Crippen molar-refractivity contribution in [2.45, 2.75) is 19.8 Å². The third kappa shape index (κ3) is 4.55. The molecule has 1 aromatic rings. The smallest absolute Gasteiger partial charge is 0.309 e. The molecule has 1 saturated heterocycles. The second-order valence-corrected chi connectivity index (χ2v) is 7.56. The van der Waals surface area contributed by atoms with Gasteiger partial charge in [-0.15, -0.1) is 0 Å². The molecule has 0 spiro atoms. The zero-order valence-corrected chi connectivity index (χ0v) is 17.6. The monoisotopic (exact) mass is 417 g/mol. The number of esters is 1. The molecule has 0 aliphatic carbocycles. The molecule has 9 nitrogen and oxygen atoms in total. The maximum Gasteiger partial charge on any atom is 0.309 e. The van der Waals surface area contributed by atoms with Gasteiger partial charge in [-0.2, -0.15) is 0 Å². The summed E-state index contributed by atoms with van der Waals surface area (Å²) in [5, 5.41) is 0. The Morgan fingerprint density at radius 3 is 2.53 bits per heavy atom. The van der Waals surface area contributed by atoms with Crippen LogP contribution in [0.4, 0.5) is 5.69 Å². The van der Waals surface area contributed by atoms with Crippen molar-refractivity contribution >= 4 is 29.4 Å². The van der Waals surface area contributed by atoms with Gasteiger partial charge < -0.3 is 19.3 Å². The average Bonchev–Trinajstić information content (AvgIpc) is 2.75. The standard InChI is InChI=1S/C21H27N3O6/c1-4-29-21(28)14-7-9-23(10-8-14)18(25)12-24-16-11-15(20(27)22(2)3)5-6-17(16)30-13-19(24)26/h5-6,11,14H,4,7-10,12-13H2,1-3H3. The van der Waals surface area contributed by atoms with E-state index < -0.39 is 0 Å². The van der Waals surface area contributed by atoms with Gasteiger partial charge in [-0.05, 0) is 38.0 Å². The minimum absolute atomic E-state index is 0.140. The van der Waals surface area contributed by atoms with Gasteiger partial charge in [0.15, 0.2) is 6.61 Å². The molecule has 0 radical (unpaired) electrons. The number of hydrogen-bond acceptors (Lipinski definition) is 6. The van der Waals surface area contributed by atoms with Gasteiger partial charge in [-0.25, -0.2) is 0 Å². The normalized spacial score (nSPS) is 16.6. The lowest BCUT2D eigenvalue weighted by molar-refractivity contribution is -0.151. The second-order valence-electron chi connectivity index (χ2n) is 7.56. The molecule has 1 fully saturated rings. The van der Waals surface area contributed by atoms with Crippen molar-refractivity contribution in [3.8, 4) is 5.75 Å². The molecule has 0 bridgehead atoms. The van der Waals surface area contributed by atoms with E-state index >= 15 is 0 Å². The maximum absolute atomic E-state index is 12.9. The second kappa shape index (κ2) is 9.15. The van der Waals surface area contributed by atoms with Crippen molar-refractivity contribution in [1.82, 2.24) is 9.80 Å². The van der Waals surface area contributed by atoms with Gasteiger partial charge in [0.25, 0.3) is 11.8 Å². The Hall–Kier alpha value is -3.10. The van der Waals surface area contributed by atoms with E-state index in [2.05, 4.69) is 0 Å². The lowest BCUT2D eigenvalue weighted by atomic mass is 9.97. The Balaban J connectivity index is 1.70. The first-order chi connectivity index (χ1) is 14.3. The van der Waals surface area contributed by atoms with Crippen LogP contribution >= 0.6 is 0 Å². The molecule has 2 heterocycles. The Bertz CT molecular complexity index is 845. The minimum atomic E-state index is -0.341. The van der Waals surface area contributed by atoms with Crippen LogP contribution in [0.25, 0.3) is 0 Å². The van der Waals surface area contributed by atoms with Gasteiger partial charge in [-0.3, -0.25) is 24.1 Å². The highest BCUT2D eigenvalue weighted by molar-refractivity contribution is 6.04. The van der Waals surface area contributed by atoms with Crippen molar-refractivity contribution in [2.24, 2.45) is 5.92 Å². The zero-order chi connectivity index (χ0) is 21.8. The number of nitrogens with zero attached hydrogens (tertiary/aromatic N) is 3. The lowest BCUT2D eigenvalue weighted by Crippen LogP contribution is -2.49. The van der Waals surface area contributed by atoms with Crippen LogP contribution < -0.4 is 9.64 Å². The molecule has 0 atom stereocenters. The van der Waals surface area contributed by atoms with E-state index in [1.54, 1.807) is 44.1 Å². The van der Waals surface area contributed by atoms with E-state index in [0.717, 1.165) is 0 Å². The predicted octanol–water partition coefficient (Wildman–Crippen LogP) is 0.916. The molecule has 2 aliphatic heterocycles. The van der Waals surface area contributed by atoms with E-state index in [9.17, 15) is 19.2 Å². The molecule has 2 aliphatic rings. The van der Waals surface area contributed by atoms with Crippen molar-refractivity contribution in [3.63, 3.8) is 0 Å². The Morgan fingerprint density at radius 1 is 1.20 bits per heavy atom. The molecular formula is C21H27N3O6. The fourth-order valence-corrected chi connectivity index (χ4v) is 3.63. The Morgan fingerprint density at radius 2 is 1.90 bits per heavy atom. The summed E-state index contributed by atoms with van der Waals surface area (Å²) in [4.78, 5) is 54.0. The summed E-state index contributed by atoms with van der Waals surface area (Å²) >= 11 is 0. The Kier molecular flexibility index (Phi) is 6.59. The summed E-state index contributed by atoms with van der Waals surface area (Å²) in [7, 11) is 3.29. The molecule has 0 aromatic heterocycles. The van der Waals surface area contributed by atoms with Gasteiger partial charge in [0.1, 0.15) is 12.3 Å². The van der Waals surface area contributed by atoms with Gasteiger partial charge >= 0.3 is 5.97 Å². The van der Waals surface area contributed by atoms with E-state index in [4.69, 9.17) is 9.47 Å². The molecule has 1 aromatic carbocycles. The highest BCUT2D eigenvalue weighted by atomic mass is 16.5. The van der Waals surface area contributed by atoms with Gasteiger partial charge in [0.2, 0.25) is 5.91 Å². The lowest BCUT2D eigenvalue weighted by Gasteiger charge is -2.34. The average molecular weight is 417 g/mol. The molecule has 0 N–H and O–H groups in total. The van der Waals surface area contributed by atoms with Crippen molar-refractivity contribution in [3.05, 3.63) is 23.8 Å². The predicted molar refractivity (Wildman–Crippen MR) is 108 cm³/mol. The number of benzene rings is 1.